The summed E-state index contributed by atoms with van der Waals surface area (Å²) in [6.45, 7) is 3.39. The summed E-state index contributed by atoms with van der Waals surface area (Å²) in [6, 6.07) is 3.55. The molecule has 0 saturated heterocycles. The number of esters is 1. The number of hydrogen-bond acceptors (Lipinski definition) is 7. The molecule has 162 valence electrons. The summed E-state index contributed by atoms with van der Waals surface area (Å²) in [4.78, 5) is 27.5. The van der Waals surface area contributed by atoms with Crippen molar-refractivity contribution < 1.29 is 24.1 Å². The zero-order chi connectivity index (χ0) is 21.3. The number of aromatic nitrogens is 1. The predicted molar refractivity (Wildman–Crippen MR) is 112 cm³/mol. The first kappa shape index (κ1) is 20.5. The third kappa shape index (κ3) is 3.60. The molecule has 0 unspecified atom stereocenters. The van der Waals surface area contributed by atoms with Crippen LogP contribution < -0.4 is 15.2 Å². The molecule has 1 N–H and O–H groups in total. The van der Waals surface area contributed by atoms with E-state index in [0.29, 0.717) is 47.8 Å². The number of phenolic OH excluding ortho intramolecular Hbond substituents is 1. The van der Waals surface area contributed by atoms with Gasteiger partial charge in [-0.3, -0.25) is 9.59 Å². The van der Waals surface area contributed by atoms with Crippen molar-refractivity contribution in [1.29, 1.82) is 0 Å². The van der Waals surface area contributed by atoms with E-state index >= 15 is 0 Å². The molecule has 1 aliphatic heterocycles. The Morgan fingerprint density at radius 2 is 2.07 bits per heavy atom. The molecule has 1 aliphatic carbocycles. The van der Waals surface area contributed by atoms with Gasteiger partial charge in [0.2, 0.25) is 0 Å². The topological polar surface area (TPSA) is 90.2 Å². The number of hydrogen-bond donors (Lipinski definition) is 1. The van der Waals surface area contributed by atoms with E-state index in [1.54, 1.807) is 24.7 Å². The number of ether oxygens (including phenoxy) is 3. The summed E-state index contributed by atoms with van der Waals surface area (Å²) in [5, 5.41) is 11.6. The number of pyridine rings is 1. The fraction of sp³-hybridized carbons (Fsp3) is 0.545. The Hall–Kier alpha value is -2.74. The maximum Gasteiger partial charge on any atom is 0.310 e. The van der Waals surface area contributed by atoms with Gasteiger partial charge < -0.3 is 28.8 Å². The molecule has 0 spiro atoms. The van der Waals surface area contributed by atoms with Gasteiger partial charge in [0.05, 0.1) is 30.8 Å². The molecule has 1 aromatic heterocycles. The van der Waals surface area contributed by atoms with Gasteiger partial charge in [-0.25, -0.2) is 0 Å². The third-order valence-corrected chi connectivity index (χ3v) is 5.89. The molecule has 2 aliphatic rings. The molecule has 0 atom stereocenters. The van der Waals surface area contributed by atoms with E-state index in [2.05, 4.69) is 0 Å². The Kier molecular flexibility index (Phi) is 5.85. The highest BCUT2D eigenvalue weighted by molar-refractivity contribution is 5.94. The number of methoxy groups -OCH3 is 1. The van der Waals surface area contributed by atoms with Crippen molar-refractivity contribution in [2.24, 2.45) is 0 Å². The first-order chi connectivity index (χ1) is 14.5. The van der Waals surface area contributed by atoms with Crippen molar-refractivity contribution in [2.75, 3.05) is 38.5 Å². The number of carbonyl (C=O) groups is 1. The highest BCUT2D eigenvalue weighted by Crippen LogP contribution is 2.45. The van der Waals surface area contributed by atoms with Crippen molar-refractivity contribution in [3.8, 4) is 11.5 Å². The molecule has 0 amide bonds. The highest BCUT2D eigenvalue weighted by Gasteiger charge is 2.28. The van der Waals surface area contributed by atoms with Crippen LogP contribution in [0.25, 0.3) is 10.9 Å². The van der Waals surface area contributed by atoms with Crippen molar-refractivity contribution in [1.82, 2.24) is 4.57 Å². The average Bonchev–Trinajstić information content (AvgIpc) is 3.25. The molecule has 0 bridgehead atoms. The van der Waals surface area contributed by atoms with Crippen molar-refractivity contribution >= 4 is 22.6 Å². The number of anilines is 1. The van der Waals surface area contributed by atoms with Gasteiger partial charge in [0.1, 0.15) is 13.3 Å². The predicted octanol–water partition coefficient (Wildman–Crippen LogP) is 2.73. The van der Waals surface area contributed by atoms with E-state index in [9.17, 15) is 14.7 Å². The van der Waals surface area contributed by atoms with Crippen molar-refractivity contribution in [2.45, 2.75) is 45.1 Å². The van der Waals surface area contributed by atoms with Gasteiger partial charge in [0, 0.05) is 24.1 Å². The van der Waals surface area contributed by atoms with Crippen LogP contribution in [0.3, 0.4) is 0 Å². The van der Waals surface area contributed by atoms with Crippen LogP contribution in [0.5, 0.6) is 11.5 Å². The largest absolute Gasteiger partial charge is 0.504 e. The summed E-state index contributed by atoms with van der Waals surface area (Å²) >= 11 is 0. The zero-order valence-electron chi connectivity index (χ0n) is 17.5. The second kappa shape index (κ2) is 8.55. The molecule has 8 heteroatoms. The van der Waals surface area contributed by atoms with Crippen LogP contribution in [0.1, 0.15) is 44.2 Å². The summed E-state index contributed by atoms with van der Waals surface area (Å²) in [6.07, 6.45) is 3.78. The maximum atomic E-state index is 13.4. The fourth-order valence-corrected chi connectivity index (χ4v) is 4.54. The number of phenols is 1. The summed E-state index contributed by atoms with van der Waals surface area (Å²) in [5.74, 6) is -0.0865. The van der Waals surface area contributed by atoms with Crippen molar-refractivity contribution in [3.63, 3.8) is 0 Å². The highest BCUT2D eigenvalue weighted by atomic mass is 16.5. The average molecular weight is 416 g/mol. The Bertz CT molecular complexity index is 1010. The number of nitrogens with zero attached hydrogens (tertiary/aromatic N) is 2. The molecular weight excluding hydrogens is 388 g/mol. The molecule has 30 heavy (non-hydrogen) atoms. The van der Waals surface area contributed by atoms with E-state index in [-0.39, 0.29) is 30.4 Å². The monoisotopic (exact) mass is 416 g/mol. The van der Waals surface area contributed by atoms with Crippen LogP contribution in [0.2, 0.25) is 0 Å². The van der Waals surface area contributed by atoms with Gasteiger partial charge in [-0.15, -0.1) is 0 Å². The minimum Gasteiger partial charge on any atom is -0.504 e. The zero-order valence-corrected chi connectivity index (χ0v) is 17.5. The van der Waals surface area contributed by atoms with E-state index in [4.69, 9.17) is 14.2 Å². The van der Waals surface area contributed by atoms with Gasteiger partial charge in [0.15, 0.2) is 11.5 Å². The van der Waals surface area contributed by atoms with E-state index < -0.39 is 5.97 Å². The Balaban J connectivity index is 1.94. The quantitative estimate of drug-likeness (QED) is 0.724. The fourth-order valence-electron chi connectivity index (χ4n) is 4.54. The Labute approximate surface area is 174 Å². The number of aromatic hydroxyl groups is 1. The molecule has 2 aromatic rings. The van der Waals surface area contributed by atoms with Crippen LogP contribution in [0.4, 0.5) is 5.69 Å². The molecular formula is C22H28N2O6. The number of benzene rings is 1. The van der Waals surface area contributed by atoms with E-state index in [1.807, 2.05) is 11.0 Å². The Morgan fingerprint density at radius 1 is 1.30 bits per heavy atom. The molecule has 1 fully saturated rings. The minimum atomic E-state index is -0.452. The number of fused-ring (bicyclic) bond motifs is 2. The van der Waals surface area contributed by atoms with E-state index in [0.717, 1.165) is 25.7 Å². The summed E-state index contributed by atoms with van der Waals surface area (Å²) < 4.78 is 17.9. The standard InChI is InChI=1S/C22H28N2O6/c1-3-29-19(25)11-14-10-16-17(24(22(14)27)15-6-4-5-7-15)12-18-21(20(16)26)30-9-8-23(18)13-28-2/h10,12,15,26H,3-9,11,13H2,1-2H3. The number of rotatable bonds is 6. The van der Waals surface area contributed by atoms with Crippen LogP contribution in [0, 0.1) is 0 Å². The normalized spacial score (nSPS) is 16.5. The van der Waals surface area contributed by atoms with Crippen LogP contribution in [-0.2, 0) is 20.7 Å². The maximum absolute atomic E-state index is 13.4. The minimum absolute atomic E-state index is 0.0137. The first-order valence-corrected chi connectivity index (χ1v) is 10.5. The lowest BCUT2D eigenvalue weighted by atomic mass is 10.0. The van der Waals surface area contributed by atoms with Gasteiger partial charge in [-0.2, -0.15) is 0 Å². The van der Waals surface area contributed by atoms with Crippen LogP contribution in [0.15, 0.2) is 16.9 Å². The smallest absolute Gasteiger partial charge is 0.310 e. The second-order valence-corrected chi connectivity index (χ2v) is 7.80. The lowest BCUT2D eigenvalue weighted by Crippen LogP contribution is -2.34. The van der Waals surface area contributed by atoms with Gasteiger partial charge in [-0.05, 0) is 31.9 Å². The van der Waals surface area contributed by atoms with Gasteiger partial charge >= 0.3 is 5.97 Å². The van der Waals surface area contributed by atoms with Crippen molar-refractivity contribution in [3.05, 3.63) is 28.0 Å². The lowest BCUT2D eigenvalue weighted by molar-refractivity contribution is -0.142. The van der Waals surface area contributed by atoms with Crippen LogP contribution >= 0.6 is 0 Å². The molecule has 2 heterocycles. The molecule has 8 nitrogen and oxygen atoms in total. The van der Waals surface area contributed by atoms with Gasteiger partial charge in [0.25, 0.3) is 5.56 Å². The SMILES string of the molecule is CCOC(=O)Cc1cc2c(O)c3c(cc2n(C2CCCC2)c1=O)N(COC)CCO3. The number of carbonyl (C=O) groups excluding carboxylic acids is 1. The summed E-state index contributed by atoms with van der Waals surface area (Å²) in [7, 11) is 1.62. The molecule has 1 saturated carbocycles. The first-order valence-electron chi connectivity index (χ1n) is 10.5. The summed E-state index contributed by atoms with van der Waals surface area (Å²) in [5.41, 5.74) is 1.49. The molecule has 1 aromatic carbocycles. The second-order valence-electron chi connectivity index (χ2n) is 7.80. The molecule has 0 radical (unpaired) electrons. The molecule has 4 rings (SSSR count). The van der Waals surface area contributed by atoms with E-state index in [1.165, 1.54) is 0 Å². The third-order valence-electron chi connectivity index (χ3n) is 5.89. The Morgan fingerprint density at radius 3 is 2.77 bits per heavy atom. The van der Waals surface area contributed by atoms with Gasteiger partial charge in [-0.1, -0.05) is 12.8 Å². The van der Waals surface area contributed by atoms with Crippen LogP contribution in [-0.4, -0.2) is 49.2 Å². The lowest BCUT2D eigenvalue weighted by Gasteiger charge is -2.32.